The summed E-state index contributed by atoms with van der Waals surface area (Å²) in [6.45, 7) is 7.73. The van der Waals surface area contributed by atoms with Crippen molar-refractivity contribution in [3.05, 3.63) is 59.2 Å². The highest BCUT2D eigenvalue weighted by Crippen LogP contribution is 2.31. The van der Waals surface area contributed by atoms with E-state index in [0.29, 0.717) is 40.6 Å². The maximum absolute atomic E-state index is 13.0. The minimum Gasteiger partial charge on any atom is -0.493 e. The van der Waals surface area contributed by atoms with Gasteiger partial charge in [0.25, 0.3) is 5.91 Å². The summed E-state index contributed by atoms with van der Waals surface area (Å²) < 4.78 is 16.2. The third-order valence-corrected chi connectivity index (χ3v) is 4.55. The van der Waals surface area contributed by atoms with Gasteiger partial charge in [0.1, 0.15) is 0 Å². The van der Waals surface area contributed by atoms with Crippen molar-refractivity contribution in [1.82, 2.24) is 0 Å². The summed E-state index contributed by atoms with van der Waals surface area (Å²) in [4.78, 5) is 24.8. The van der Waals surface area contributed by atoms with Gasteiger partial charge in [-0.25, -0.2) is 4.79 Å². The molecule has 1 aliphatic heterocycles. The van der Waals surface area contributed by atoms with Crippen LogP contribution in [0.15, 0.2) is 53.1 Å². The molecule has 0 aliphatic carbocycles. The molecule has 1 heterocycles. The summed E-state index contributed by atoms with van der Waals surface area (Å²) >= 11 is 0. The Morgan fingerprint density at radius 2 is 1.84 bits per heavy atom. The Balaban J connectivity index is 1.84. The van der Waals surface area contributed by atoms with Gasteiger partial charge in [0.05, 0.1) is 42.4 Å². The van der Waals surface area contributed by atoms with E-state index < -0.39 is 5.97 Å². The Kier molecular flexibility index (Phi) is 6.74. The van der Waals surface area contributed by atoms with E-state index >= 15 is 0 Å². The molecule has 0 aromatic heterocycles. The summed E-state index contributed by atoms with van der Waals surface area (Å²) in [6, 6.07) is 12.1. The van der Waals surface area contributed by atoms with Gasteiger partial charge in [-0.15, -0.1) is 0 Å². The highest BCUT2D eigenvalue weighted by Gasteiger charge is 2.29. The second-order valence-electron chi connectivity index (χ2n) is 7.20. The quantitative estimate of drug-likeness (QED) is 0.486. The van der Waals surface area contributed by atoms with Crippen LogP contribution >= 0.6 is 0 Å². The van der Waals surface area contributed by atoms with Crippen molar-refractivity contribution in [2.24, 2.45) is 5.10 Å². The fourth-order valence-electron chi connectivity index (χ4n) is 3.10. The fourth-order valence-corrected chi connectivity index (χ4v) is 3.10. The third-order valence-electron chi connectivity index (χ3n) is 4.55. The lowest BCUT2D eigenvalue weighted by atomic mass is 10.1. The van der Waals surface area contributed by atoms with Crippen LogP contribution in [0.25, 0.3) is 6.08 Å². The van der Waals surface area contributed by atoms with Crippen molar-refractivity contribution in [2.45, 2.75) is 33.8 Å². The molecule has 7 heteroatoms. The van der Waals surface area contributed by atoms with Crippen molar-refractivity contribution in [2.75, 3.05) is 18.7 Å². The monoisotopic (exact) mass is 422 g/mol. The van der Waals surface area contributed by atoms with E-state index in [0.717, 1.165) is 5.56 Å². The van der Waals surface area contributed by atoms with Crippen LogP contribution < -0.4 is 14.5 Å². The molecule has 1 aliphatic rings. The second-order valence-corrected chi connectivity index (χ2v) is 7.20. The number of hydrogen-bond donors (Lipinski definition) is 0. The van der Waals surface area contributed by atoms with Gasteiger partial charge in [-0.3, -0.25) is 4.79 Å². The molecule has 162 valence electrons. The number of benzene rings is 2. The Hall–Kier alpha value is -3.61. The molecule has 2 aromatic carbocycles. The zero-order valence-electron chi connectivity index (χ0n) is 18.3. The van der Waals surface area contributed by atoms with Crippen LogP contribution in [-0.2, 0) is 9.53 Å². The van der Waals surface area contributed by atoms with Crippen LogP contribution in [0.1, 0.15) is 43.6 Å². The van der Waals surface area contributed by atoms with E-state index in [4.69, 9.17) is 14.2 Å². The first kappa shape index (κ1) is 22.1. The summed E-state index contributed by atoms with van der Waals surface area (Å²) in [5.74, 6) is 0.587. The molecule has 0 spiro atoms. The summed E-state index contributed by atoms with van der Waals surface area (Å²) in [7, 11) is 1.58. The topological polar surface area (TPSA) is 77.4 Å². The molecular formula is C24H26N2O5. The van der Waals surface area contributed by atoms with E-state index in [-0.39, 0.29) is 12.0 Å². The van der Waals surface area contributed by atoms with Crippen molar-refractivity contribution >= 4 is 29.4 Å². The molecule has 0 fully saturated rings. The van der Waals surface area contributed by atoms with Gasteiger partial charge in [-0.05, 0) is 75.7 Å². The number of esters is 1. The summed E-state index contributed by atoms with van der Waals surface area (Å²) in [6.07, 6.45) is 1.79. The van der Waals surface area contributed by atoms with E-state index in [9.17, 15) is 9.59 Å². The first-order valence-corrected chi connectivity index (χ1v) is 10.1. The molecule has 3 rings (SSSR count). The lowest BCUT2D eigenvalue weighted by molar-refractivity contribution is -0.114. The van der Waals surface area contributed by atoms with E-state index in [2.05, 4.69) is 5.10 Å². The average molecular weight is 422 g/mol. The number of anilines is 1. The van der Waals surface area contributed by atoms with Gasteiger partial charge in [0.15, 0.2) is 11.5 Å². The van der Waals surface area contributed by atoms with Crippen molar-refractivity contribution in [3.8, 4) is 11.5 Å². The molecule has 0 unspecified atom stereocenters. The van der Waals surface area contributed by atoms with Crippen LogP contribution in [0, 0.1) is 0 Å². The van der Waals surface area contributed by atoms with Crippen LogP contribution in [0.5, 0.6) is 11.5 Å². The molecule has 1 amide bonds. The van der Waals surface area contributed by atoms with Crippen molar-refractivity contribution in [1.29, 1.82) is 0 Å². The average Bonchev–Trinajstić information content (AvgIpc) is 3.03. The number of nitrogens with zero attached hydrogens (tertiary/aromatic N) is 2. The molecule has 7 nitrogen and oxygen atoms in total. The predicted molar refractivity (Wildman–Crippen MR) is 120 cm³/mol. The summed E-state index contributed by atoms with van der Waals surface area (Å²) in [5.41, 5.74) is 2.86. The number of hydrogen-bond acceptors (Lipinski definition) is 6. The van der Waals surface area contributed by atoms with Crippen LogP contribution in [0.2, 0.25) is 0 Å². The number of carbonyl (C=O) groups is 2. The highest BCUT2D eigenvalue weighted by molar-refractivity contribution is 6.32. The summed E-state index contributed by atoms with van der Waals surface area (Å²) in [5, 5.41) is 5.71. The maximum atomic E-state index is 13.0. The lowest BCUT2D eigenvalue weighted by Gasteiger charge is -2.14. The molecule has 0 radical (unpaired) electrons. The van der Waals surface area contributed by atoms with E-state index in [1.54, 1.807) is 51.3 Å². The maximum Gasteiger partial charge on any atom is 0.338 e. The zero-order chi connectivity index (χ0) is 22.5. The highest BCUT2D eigenvalue weighted by atomic mass is 16.5. The number of carbonyl (C=O) groups excluding carboxylic acids is 2. The van der Waals surface area contributed by atoms with Crippen molar-refractivity contribution < 1.29 is 23.8 Å². The van der Waals surface area contributed by atoms with Gasteiger partial charge in [0.2, 0.25) is 0 Å². The Morgan fingerprint density at radius 1 is 1.13 bits per heavy atom. The van der Waals surface area contributed by atoms with Crippen LogP contribution in [-0.4, -0.2) is 37.4 Å². The largest absolute Gasteiger partial charge is 0.493 e. The molecule has 31 heavy (non-hydrogen) atoms. The smallest absolute Gasteiger partial charge is 0.338 e. The fraction of sp³-hybridized carbons (Fsp3) is 0.292. The molecule has 2 aromatic rings. The van der Waals surface area contributed by atoms with Gasteiger partial charge < -0.3 is 14.2 Å². The van der Waals surface area contributed by atoms with Crippen molar-refractivity contribution in [3.63, 3.8) is 0 Å². The minimum atomic E-state index is -0.402. The number of ether oxygens (including phenoxy) is 3. The SMILES string of the molecule is CCOC(=O)c1ccc(N2N=C(C)/C(=C\c3ccc(OC(C)C)c(OC)c3)C2=O)cc1. The van der Waals surface area contributed by atoms with Gasteiger partial charge >= 0.3 is 5.97 Å². The Bertz CT molecular complexity index is 1040. The molecule has 0 saturated carbocycles. The number of rotatable bonds is 7. The number of methoxy groups -OCH3 is 1. The second kappa shape index (κ2) is 9.47. The Labute approximate surface area is 181 Å². The Morgan fingerprint density at radius 3 is 2.45 bits per heavy atom. The van der Waals surface area contributed by atoms with Gasteiger partial charge in [-0.1, -0.05) is 6.07 Å². The van der Waals surface area contributed by atoms with E-state index in [1.165, 1.54) is 5.01 Å². The van der Waals surface area contributed by atoms with E-state index in [1.807, 2.05) is 32.0 Å². The molecule has 0 saturated heterocycles. The first-order chi connectivity index (χ1) is 14.8. The van der Waals surface area contributed by atoms with Crippen LogP contribution in [0.3, 0.4) is 0 Å². The van der Waals surface area contributed by atoms with Gasteiger partial charge in [0, 0.05) is 0 Å². The van der Waals surface area contributed by atoms with Gasteiger partial charge in [-0.2, -0.15) is 10.1 Å². The minimum absolute atomic E-state index is 0.0210. The third kappa shape index (κ3) is 4.94. The van der Waals surface area contributed by atoms with Crippen LogP contribution in [0.4, 0.5) is 5.69 Å². The number of hydrazone groups is 1. The standard InChI is InChI=1S/C24H26N2O5/c1-6-30-24(28)18-8-10-19(11-9-18)26-23(27)20(16(4)25-26)13-17-7-12-21(31-15(2)3)22(14-17)29-5/h7-15H,6H2,1-5H3/b20-13+. The normalized spacial score (nSPS) is 14.8. The molecule has 0 bridgehead atoms. The zero-order valence-corrected chi connectivity index (χ0v) is 18.3. The predicted octanol–water partition coefficient (Wildman–Crippen LogP) is 4.47. The molecule has 0 atom stereocenters. The first-order valence-electron chi connectivity index (χ1n) is 10.1. The molecular weight excluding hydrogens is 396 g/mol. The lowest BCUT2D eigenvalue weighted by Crippen LogP contribution is -2.21. The molecule has 0 N–H and O–H groups in total. The number of amides is 1.